The molecule has 0 aliphatic rings. The van der Waals surface area contributed by atoms with E-state index in [1.807, 2.05) is 25.1 Å². The molecular formula is C11H16BrNO2S. The number of aryl methyl sites for hydroxylation is 1. The average molecular weight is 306 g/mol. The van der Waals surface area contributed by atoms with Crippen LogP contribution in [0.1, 0.15) is 12.5 Å². The fraction of sp³-hybridized carbons (Fsp3) is 0.455. The van der Waals surface area contributed by atoms with Gasteiger partial charge in [-0.25, -0.2) is 8.42 Å². The van der Waals surface area contributed by atoms with Gasteiger partial charge < -0.3 is 5.32 Å². The second-order valence-corrected chi connectivity index (χ2v) is 7.07. The lowest BCUT2D eigenvalue weighted by Gasteiger charge is -2.07. The zero-order chi connectivity index (χ0) is 12.2. The number of rotatable bonds is 5. The van der Waals surface area contributed by atoms with Gasteiger partial charge in [0.15, 0.2) is 9.84 Å². The Labute approximate surface area is 105 Å². The lowest BCUT2D eigenvalue weighted by Crippen LogP contribution is -2.17. The summed E-state index contributed by atoms with van der Waals surface area (Å²) in [6.07, 6.45) is 0. The minimum absolute atomic E-state index is 0.176. The van der Waals surface area contributed by atoms with Crippen molar-refractivity contribution in [2.45, 2.75) is 13.8 Å². The third-order valence-electron chi connectivity index (χ3n) is 2.22. The average Bonchev–Trinajstić information content (AvgIpc) is 2.16. The van der Waals surface area contributed by atoms with E-state index in [4.69, 9.17) is 0 Å². The van der Waals surface area contributed by atoms with E-state index in [0.717, 1.165) is 15.7 Å². The molecule has 1 aromatic rings. The van der Waals surface area contributed by atoms with Crippen LogP contribution >= 0.6 is 15.9 Å². The summed E-state index contributed by atoms with van der Waals surface area (Å²) in [4.78, 5) is 0. The smallest absolute Gasteiger partial charge is 0.151 e. The van der Waals surface area contributed by atoms with Crippen LogP contribution in [0, 0.1) is 6.92 Å². The summed E-state index contributed by atoms with van der Waals surface area (Å²) in [7, 11) is -2.88. The maximum Gasteiger partial charge on any atom is 0.151 e. The fourth-order valence-electron chi connectivity index (χ4n) is 1.33. The number of sulfone groups is 1. The van der Waals surface area contributed by atoms with Crippen LogP contribution in [0.25, 0.3) is 0 Å². The summed E-state index contributed by atoms with van der Waals surface area (Å²) in [6, 6.07) is 5.93. The van der Waals surface area contributed by atoms with Crippen LogP contribution in [0.4, 0.5) is 5.69 Å². The Morgan fingerprint density at radius 1 is 1.31 bits per heavy atom. The SMILES string of the molecule is CCS(=O)(=O)CCNc1cc(C)cc(Br)c1. The first-order valence-corrected chi connectivity index (χ1v) is 7.76. The topological polar surface area (TPSA) is 46.2 Å². The summed E-state index contributed by atoms with van der Waals surface area (Å²) in [6.45, 7) is 4.11. The van der Waals surface area contributed by atoms with Crippen LogP contribution < -0.4 is 5.32 Å². The summed E-state index contributed by atoms with van der Waals surface area (Å²) in [5.74, 6) is 0.376. The van der Waals surface area contributed by atoms with Gasteiger partial charge in [0, 0.05) is 22.5 Å². The van der Waals surface area contributed by atoms with Crippen molar-refractivity contribution in [3.8, 4) is 0 Å². The summed E-state index contributed by atoms with van der Waals surface area (Å²) in [5.41, 5.74) is 2.08. The molecule has 90 valence electrons. The number of nitrogens with one attached hydrogen (secondary N) is 1. The van der Waals surface area contributed by atoms with E-state index in [-0.39, 0.29) is 11.5 Å². The van der Waals surface area contributed by atoms with Gasteiger partial charge in [-0.3, -0.25) is 0 Å². The van der Waals surface area contributed by atoms with Crippen molar-refractivity contribution in [3.05, 3.63) is 28.2 Å². The number of benzene rings is 1. The molecule has 0 saturated heterocycles. The van der Waals surface area contributed by atoms with Gasteiger partial charge in [0.1, 0.15) is 0 Å². The molecule has 0 aliphatic carbocycles. The Hall–Kier alpha value is -0.550. The van der Waals surface area contributed by atoms with Crippen molar-refractivity contribution in [1.29, 1.82) is 0 Å². The highest BCUT2D eigenvalue weighted by atomic mass is 79.9. The Morgan fingerprint density at radius 3 is 2.56 bits per heavy atom. The van der Waals surface area contributed by atoms with Crippen molar-refractivity contribution in [3.63, 3.8) is 0 Å². The Balaban J connectivity index is 2.55. The zero-order valence-corrected chi connectivity index (χ0v) is 11.9. The number of anilines is 1. The molecule has 0 saturated carbocycles. The van der Waals surface area contributed by atoms with E-state index in [9.17, 15) is 8.42 Å². The third-order valence-corrected chi connectivity index (χ3v) is 4.39. The molecule has 5 heteroatoms. The second kappa shape index (κ2) is 5.68. The number of hydrogen-bond acceptors (Lipinski definition) is 3. The van der Waals surface area contributed by atoms with Crippen molar-refractivity contribution < 1.29 is 8.42 Å². The molecule has 1 N–H and O–H groups in total. The Kier molecular flexibility index (Phi) is 4.80. The van der Waals surface area contributed by atoms with Crippen LogP contribution in [0.15, 0.2) is 22.7 Å². The molecule has 0 aromatic heterocycles. The second-order valence-electron chi connectivity index (χ2n) is 3.68. The van der Waals surface area contributed by atoms with Crippen LogP contribution in [0.2, 0.25) is 0 Å². The molecule has 0 radical (unpaired) electrons. The Bertz CT molecular complexity index is 437. The molecule has 16 heavy (non-hydrogen) atoms. The first-order chi connectivity index (χ1) is 7.43. The lowest BCUT2D eigenvalue weighted by molar-refractivity contribution is 0.597. The standard InChI is InChI=1S/C11H16BrNO2S/c1-3-16(14,15)5-4-13-11-7-9(2)6-10(12)8-11/h6-8,13H,3-5H2,1-2H3. The highest BCUT2D eigenvalue weighted by Crippen LogP contribution is 2.18. The molecule has 0 spiro atoms. The van der Waals surface area contributed by atoms with Crippen LogP contribution in [0.3, 0.4) is 0 Å². The van der Waals surface area contributed by atoms with E-state index in [2.05, 4.69) is 21.2 Å². The largest absolute Gasteiger partial charge is 0.384 e. The van der Waals surface area contributed by atoms with Crippen molar-refractivity contribution in [2.24, 2.45) is 0 Å². The molecule has 0 unspecified atom stereocenters. The summed E-state index contributed by atoms with van der Waals surface area (Å²) in [5, 5.41) is 3.11. The maximum absolute atomic E-state index is 11.3. The monoisotopic (exact) mass is 305 g/mol. The summed E-state index contributed by atoms with van der Waals surface area (Å²) < 4.78 is 23.5. The van der Waals surface area contributed by atoms with Gasteiger partial charge in [-0.1, -0.05) is 22.9 Å². The Morgan fingerprint density at radius 2 is 2.00 bits per heavy atom. The molecule has 3 nitrogen and oxygen atoms in total. The van der Waals surface area contributed by atoms with Crippen LogP contribution in [0.5, 0.6) is 0 Å². The molecule has 0 atom stereocenters. The highest BCUT2D eigenvalue weighted by molar-refractivity contribution is 9.10. The molecule has 1 rings (SSSR count). The predicted octanol–water partition coefficient (Wildman–Crippen LogP) is 2.60. The van der Waals surface area contributed by atoms with Gasteiger partial charge in [-0.15, -0.1) is 0 Å². The van der Waals surface area contributed by atoms with Crippen LogP contribution in [-0.4, -0.2) is 26.5 Å². The molecule has 0 fully saturated rings. The molecule has 0 bridgehead atoms. The van der Waals surface area contributed by atoms with E-state index in [1.165, 1.54) is 0 Å². The van der Waals surface area contributed by atoms with Gasteiger partial charge >= 0.3 is 0 Å². The molecule has 0 heterocycles. The van der Waals surface area contributed by atoms with Crippen molar-refractivity contribution >= 4 is 31.5 Å². The maximum atomic E-state index is 11.3. The first kappa shape index (κ1) is 13.5. The first-order valence-electron chi connectivity index (χ1n) is 5.14. The van der Waals surface area contributed by atoms with Gasteiger partial charge in [0.05, 0.1) is 5.75 Å². The van der Waals surface area contributed by atoms with Crippen molar-refractivity contribution in [2.75, 3.05) is 23.4 Å². The quantitative estimate of drug-likeness (QED) is 0.909. The number of hydrogen-bond donors (Lipinski definition) is 1. The molecular weight excluding hydrogens is 290 g/mol. The van der Waals surface area contributed by atoms with Gasteiger partial charge in [0.2, 0.25) is 0 Å². The highest BCUT2D eigenvalue weighted by Gasteiger charge is 2.06. The van der Waals surface area contributed by atoms with Gasteiger partial charge in [0.25, 0.3) is 0 Å². The third kappa shape index (κ3) is 4.53. The number of halogens is 1. The van der Waals surface area contributed by atoms with E-state index in [1.54, 1.807) is 6.92 Å². The van der Waals surface area contributed by atoms with E-state index >= 15 is 0 Å². The normalized spacial score (nSPS) is 11.4. The lowest BCUT2D eigenvalue weighted by atomic mass is 10.2. The zero-order valence-electron chi connectivity index (χ0n) is 9.46. The minimum atomic E-state index is -2.88. The molecule has 0 aliphatic heterocycles. The predicted molar refractivity (Wildman–Crippen MR) is 71.7 cm³/mol. The molecule has 0 amide bonds. The minimum Gasteiger partial charge on any atom is -0.384 e. The van der Waals surface area contributed by atoms with Gasteiger partial charge in [-0.05, 0) is 30.7 Å². The van der Waals surface area contributed by atoms with Gasteiger partial charge in [-0.2, -0.15) is 0 Å². The van der Waals surface area contributed by atoms with E-state index < -0.39 is 9.84 Å². The summed E-state index contributed by atoms with van der Waals surface area (Å²) >= 11 is 3.40. The molecule has 1 aromatic carbocycles. The van der Waals surface area contributed by atoms with E-state index in [0.29, 0.717) is 6.54 Å². The van der Waals surface area contributed by atoms with Crippen LogP contribution in [-0.2, 0) is 9.84 Å². The fourth-order valence-corrected chi connectivity index (χ4v) is 2.64. The van der Waals surface area contributed by atoms with Crippen molar-refractivity contribution in [1.82, 2.24) is 0 Å².